The number of nitrogens with zero attached hydrogens (tertiary/aromatic N) is 4. The van der Waals surface area contributed by atoms with E-state index in [1.807, 2.05) is 41.9 Å². The third-order valence-electron chi connectivity index (χ3n) is 4.14. The van der Waals surface area contributed by atoms with E-state index in [1.54, 1.807) is 6.20 Å². The Bertz CT molecular complexity index is 1000. The standard InChI is InChI=1S/C20H19N5/c1-14-6-8-16(9-7-14)18-13-23-25-19(11-15(2)24-20(18)25)22-12-17-5-3-4-10-21-17/h3-11,13,22H,12H2,1-2H3. The first-order valence-electron chi connectivity index (χ1n) is 8.27. The monoisotopic (exact) mass is 329 g/mol. The van der Waals surface area contributed by atoms with Gasteiger partial charge >= 0.3 is 0 Å². The normalized spacial score (nSPS) is 11.0. The minimum absolute atomic E-state index is 0.638. The fourth-order valence-corrected chi connectivity index (χ4v) is 2.83. The molecule has 0 fully saturated rings. The summed E-state index contributed by atoms with van der Waals surface area (Å²) < 4.78 is 1.85. The zero-order valence-corrected chi connectivity index (χ0v) is 14.3. The van der Waals surface area contributed by atoms with Gasteiger partial charge in [-0.05, 0) is 31.5 Å². The van der Waals surface area contributed by atoms with E-state index in [2.05, 4.69) is 46.6 Å². The Morgan fingerprint density at radius 3 is 2.64 bits per heavy atom. The smallest absolute Gasteiger partial charge is 0.165 e. The highest BCUT2D eigenvalue weighted by molar-refractivity contribution is 5.78. The summed E-state index contributed by atoms with van der Waals surface area (Å²) in [6.45, 7) is 4.72. The highest BCUT2D eigenvalue weighted by Crippen LogP contribution is 2.26. The molecule has 0 bridgehead atoms. The third kappa shape index (κ3) is 3.08. The molecule has 5 nitrogen and oxygen atoms in total. The number of rotatable bonds is 4. The summed E-state index contributed by atoms with van der Waals surface area (Å²) in [6, 6.07) is 16.3. The van der Waals surface area contributed by atoms with Crippen LogP contribution < -0.4 is 5.32 Å². The van der Waals surface area contributed by atoms with Gasteiger partial charge in [0, 0.05) is 23.5 Å². The molecule has 0 saturated heterocycles. The molecule has 25 heavy (non-hydrogen) atoms. The molecular formula is C20H19N5. The molecule has 0 unspecified atom stereocenters. The minimum atomic E-state index is 0.638. The quantitative estimate of drug-likeness (QED) is 0.614. The van der Waals surface area contributed by atoms with Crippen LogP contribution in [-0.2, 0) is 6.54 Å². The van der Waals surface area contributed by atoms with Gasteiger partial charge in [-0.25, -0.2) is 4.98 Å². The summed E-state index contributed by atoms with van der Waals surface area (Å²) in [5, 5.41) is 7.96. The van der Waals surface area contributed by atoms with Crippen LogP contribution in [0.25, 0.3) is 16.8 Å². The fourth-order valence-electron chi connectivity index (χ4n) is 2.83. The average molecular weight is 329 g/mol. The van der Waals surface area contributed by atoms with Gasteiger partial charge in [0.1, 0.15) is 5.82 Å². The molecule has 124 valence electrons. The molecule has 4 rings (SSSR count). The molecule has 1 N–H and O–H groups in total. The van der Waals surface area contributed by atoms with Crippen molar-refractivity contribution in [1.29, 1.82) is 0 Å². The highest BCUT2D eigenvalue weighted by Gasteiger charge is 2.12. The first kappa shape index (κ1) is 15.3. The molecule has 4 aromatic rings. The van der Waals surface area contributed by atoms with Crippen molar-refractivity contribution in [3.8, 4) is 11.1 Å². The Kier molecular flexibility index (Phi) is 3.90. The van der Waals surface area contributed by atoms with Crippen LogP contribution in [0, 0.1) is 13.8 Å². The molecular weight excluding hydrogens is 310 g/mol. The molecule has 5 heteroatoms. The predicted octanol–water partition coefficient (Wildman–Crippen LogP) is 4.02. The average Bonchev–Trinajstić information content (AvgIpc) is 3.05. The zero-order chi connectivity index (χ0) is 17.2. The molecule has 0 atom stereocenters. The first-order chi connectivity index (χ1) is 12.2. The molecule has 0 spiro atoms. The van der Waals surface area contributed by atoms with Gasteiger partial charge in [0.2, 0.25) is 0 Å². The lowest BCUT2D eigenvalue weighted by Gasteiger charge is -2.09. The number of hydrogen-bond acceptors (Lipinski definition) is 4. The van der Waals surface area contributed by atoms with E-state index < -0.39 is 0 Å². The summed E-state index contributed by atoms with van der Waals surface area (Å²) in [4.78, 5) is 9.04. The Balaban J connectivity index is 1.72. The van der Waals surface area contributed by atoms with Crippen molar-refractivity contribution < 1.29 is 0 Å². The second kappa shape index (κ2) is 6.36. The number of fused-ring (bicyclic) bond motifs is 1. The topological polar surface area (TPSA) is 55.1 Å². The van der Waals surface area contributed by atoms with E-state index in [0.29, 0.717) is 6.54 Å². The van der Waals surface area contributed by atoms with Gasteiger partial charge in [-0.3, -0.25) is 4.98 Å². The molecule has 0 aliphatic carbocycles. The Morgan fingerprint density at radius 1 is 1.04 bits per heavy atom. The minimum Gasteiger partial charge on any atom is -0.364 e. The molecule has 3 heterocycles. The van der Waals surface area contributed by atoms with Crippen LogP contribution >= 0.6 is 0 Å². The van der Waals surface area contributed by atoms with Crippen LogP contribution in [0.15, 0.2) is 60.9 Å². The van der Waals surface area contributed by atoms with Gasteiger partial charge in [0.25, 0.3) is 0 Å². The summed E-state index contributed by atoms with van der Waals surface area (Å²) in [5.74, 6) is 0.909. The second-order valence-electron chi connectivity index (χ2n) is 6.12. The number of anilines is 1. The molecule has 0 saturated carbocycles. The molecule has 1 aromatic carbocycles. The van der Waals surface area contributed by atoms with E-state index in [0.717, 1.165) is 34.0 Å². The van der Waals surface area contributed by atoms with Crippen LogP contribution in [0.2, 0.25) is 0 Å². The number of nitrogens with one attached hydrogen (secondary N) is 1. The molecule has 0 aliphatic heterocycles. The van der Waals surface area contributed by atoms with Crippen LogP contribution in [0.3, 0.4) is 0 Å². The van der Waals surface area contributed by atoms with Gasteiger partial charge in [-0.1, -0.05) is 35.9 Å². The largest absolute Gasteiger partial charge is 0.364 e. The first-order valence-corrected chi connectivity index (χ1v) is 8.27. The van der Waals surface area contributed by atoms with Crippen molar-refractivity contribution in [2.45, 2.75) is 20.4 Å². The summed E-state index contributed by atoms with van der Waals surface area (Å²) in [5.41, 5.74) is 6.18. The van der Waals surface area contributed by atoms with Crippen molar-refractivity contribution in [3.63, 3.8) is 0 Å². The highest BCUT2D eigenvalue weighted by atomic mass is 15.3. The van der Waals surface area contributed by atoms with E-state index in [1.165, 1.54) is 5.56 Å². The van der Waals surface area contributed by atoms with Gasteiger partial charge in [-0.15, -0.1) is 0 Å². The maximum atomic E-state index is 4.69. The van der Waals surface area contributed by atoms with Crippen LogP contribution in [0.5, 0.6) is 0 Å². The van der Waals surface area contributed by atoms with Crippen LogP contribution in [0.1, 0.15) is 17.0 Å². The van der Waals surface area contributed by atoms with Crippen molar-refractivity contribution in [2.75, 3.05) is 5.32 Å². The molecule has 3 aromatic heterocycles. The summed E-state index contributed by atoms with van der Waals surface area (Å²) >= 11 is 0. The van der Waals surface area contributed by atoms with E-state index in [9.17, 15) is 0 Å². The Labute approximate surface area is 146 Å². The van der Waals surface area contributed by atoms with Crippen LogP contribution in [0.4, 0.5) is 5.82 Å². The maximum absolute atomic E-state index is 4.69. The van der Waals surface area contributed by atoms with Gasteiger partial charge in [0.15, 0.2) is 5.65 Å². The lowest BCUT2D eigenvalue weighted by Crippen LogP contribution is -2.07. The van der Waals surface area contributed by atoms with Crippen molar-refractivity contribution in [2.24, 2.45) is 0 Å². The maximum Gasteiger partial charge on any atom is 0.165 e. The molecule has 0 amide bonds. The third-order valence-corrected chi connectivity index (χ3v) is 4.14. The molecule has 0 aliphatic rings. The number of aryl methyl sites for hydroxylation is 2. The second-order valence-corrected chi connectivity index (χ2v) is 6.12. The van der Waals surface area contributed by atoms with Crippen LogP contribution in [-0.4, -0.2) is 19.6 Å². The van der Waals surface area contributed by atoms with Crippen molar-refractivity contribution >= 4 is 11.5 Å². The predicted molar refractivity (Wildman–Crippen MR) is 99.5 cm³/mol. The van der Waals surface area contributed by atoms with Crippen molar-refractivity contribution in [3.05, 3.63) is 77.9 Å². The number of hydrogen-bond donors (Lipinski definition) is 1. The van der Waals surface area contributed by atoms with Gasteiger partial charge in [-0.2, -0.15) is 9.61 Å². The van der Waals surface area contributed by atoms with Gasteiger partial charge in [0.05, 0.1) is 18.4 Å². The molecule has 0 radical (unpaired) electrons. The lowest BCUT2D eigenvalue weighted by molar-refractivity contribution is 0.909. The summed E-state index contributed by atoms with van der Waals surface area (Å²) in [6.07, 6.45) is 3.67. The Hall–Kier alpha value is -3.21. The van der Waals surface area contributed by atoms with E-state index in [4.69, 9.17) is 4.98 Å². The number of aromatic nitrogens is 4. The van der Waals surface area contributed by atoms with Crippen molar-refractivity contribution in [1.82, 2.24) is 19.6 Å². The number of pyridine rings is 1. The fraction of sp³-hybridized carbons (Fsp3) is 0.150. The lowest BCUT2D eigenvalue weighted by atomic mass is 10.1. The zero-order valence-electron chi connectivity index (χ0n) is 14.3. The Morgan fingerprint density at radius 2 is 1.88 bits per heavy atom. The SMILES string of the molecule is Cc1ccc(-c2cnn3c(NCc4ccccn4)cc(C)nc23)cc1. The van der Waals surface area contributed by atoms with E-state index in [-0.39, 0.29) is 0 Å². The van der Waals surface area contributed by atoms with Gasteiger partial charge < -0.3 is 5.32 Å². The number of benzene rings is 1. The van der Waals surface area contributed by atoms with E-state index >= 15 is 0 Å². The summed E-state index contributed by atoms with van der Waals surface area (Å²) in [7, 11) is 0.